The Morgan fingerprint density at radius 1 is 1.30 bits per heavy atom. The van der Waals surface area contributed by atoms with Gasteiger partial charge in [-0.05, 0) is 38.8 Å². The van der Waals surface area contributed by atoms with Crippen molar-refractivity contribution in [2.45, 2.75) is 45.6 Å². The first-order valence-electron chi connectivity index (χ1n) is 7.01. The minimum atomic E-state index is -3.54. The van der Waals surface area contributed by atoms with Gasteiger partial charge < -0.3 is 5.32 Å². The maximum Gasteiger partial charge on any atom is 0.246 e. The molecule has 1 aromatic rings. The second kappa shape index (κ2) is 7.04. The molecule has 0 atom stereocenters. The summed E-state index contributed by atoms with van der Waals surface area (Å²) < 4.78 is 27.2. The zero-order chi connectivity index (χ0) is 15.3. The lowest BCUT2D eigenvalue weighted by Gasteiger charge is -2.28. The number of hydrogen-bond acceptors (Lipinski definition) is 4. The Morgan fingerprint density at radius 3 is 2.45 bits per heavy atom. The topological polar surface area (TPSA) is 62.3 Å². The summed E-state index contributed by atoms with van der Waals surface area (Å²) in [6.45, 7) is 10.9. The van der Waals surface area contributed by atoms with Gasteiger partial charge in [0.1, 0.15) is 10.7 Å². The highest BCUT2D eigenvalue weighted by Gasteiger charge is 2.30. The van der Waals surface area contributed by atoms with Crippen molar-refractivity contribution in [3.8, 4) is 0 Å². The summed E-state index contributed by atoms with van der Waals surface area (Å²) in [6.07, 6.45) is 1.60. The molecule has 1 N–H and O–H groups in total. The highest BCUT2D eigenvalue weighted by atomic mass is 32.2. The summed E-state index contributed by atoms with van der Waals surface area (Å²) in [7, 11) is -3.54. The standard InChI is InChI=1S/C14H25N3O2S/c1-6-15-14-13(8-7-9-16-14)20(18,19)17(12(4)5)10-11(2)3/h7-9,11-12H,6,10H2,1-5H3,(H,15,16). The van der Waals surface area contributed by atoms with Crippen LogP contribution in [0.3, 0.4) is 0 Å². The van der Waals surface area contributed by atoms with Crippen LogP contribution in [0.5, 0.6) is 0 Å². The minimum Gasteiger partial charge on any atom is -0.369 e. The minimum absolute atomic E-state index is 0.0860. The van der Waals surface area contributed by atoms with Gasteiger partial charge in [0.15, 0.2) is 0 Å². The Balaban J connectivity index is 3.26. The predicted molar refractivity (Wildman–Crippen MR) is 82.3 cm³/mol. The van der Waals surface area contributed by atoms with E-state index in [1.165, 1.54) is 4.31 Å². The molecule has 0 radical (unpaired) electrons. The highest BCUT2D eigenvalue weighted by molar-refractivity contribution is 7.89. The second-order valence-corrected chi connectivity index (χ2v) is 7.30. The van der Waals surface area contributed by atoms with E-state index in [1.807, 2.05) is 34.6 Å². The van der Waals surface area contributed by atoms with Crippen LogP contribution in [0.4, 0.5) is 5.82 Å². The van der Waals surface area contributed by atoms with Crippen molar-refractivity contribution in [3.05, 3.63) is 18.3 Å². The smallest absolute Gasteiger partial charge is 0.246 e. The third kappa shape index (κ3) is 3.93. The van der Waals surface area contributed by atoms with E-state index in [0.29, 0.717) is 18.9 Å². The molecule has 0 unspecified atom stereocenters. The number of sulfonamides is 1. The summed E-state index contributed by atoms with van der Waals surface area (Å²) in [5.74, 6) is 0.691. The molecule has 1 heterocycles. The van der Waals surface area contributed by atoms with E-state index in [4.69, 9.17) is 0 Å². The predicted octanol–water partition coefficient (Wildman–Crippen LogP) is 2.57. The Bertz CT molecular complexity index is 527. The second-order valence-electron chi connectivity index (χ2n) is 5.44. The Labute approximate surface area is 122 Å². The SMILES string of the molecule is CCNc1ncccc1S(=O)(=O)N(CC(C)C)C(C)C. The van der Waals surface area contributed by atoms with E-state index in [2.05, 4.69) is 10.3 Å². The van der Waals surface area contributed by atoms with Crippen LogP contribution in [0.15, 0.2) is 23.2 Å². The summed E-state index contributed by atoms with van der Waals surface area (Å²) in [5, 5.41) is 3.01. The molecule has 6 heteroatoms. The van der Waals surface area contributed by atoms with E-state index in [9.17, 15) is 8.42 Å². The van der Waals surface area contributed by atoms with Crippen molar-refractivity contribution in [1.29, 1.82) is 0 Å². The fourth-order valence-electron chi connectivity index (χ4n) is 1.97. The van der Waals surface area contributed by atoms with Gasteiger partial charge in [0.2, 0.25) is 10.0 Å². The number of nitrogens with one attached hydrogen (secondary N) is 1. The van der Waals surface area contributed by atoms with Gasteiger partial charge in [-0.15, -0.1) is 0 Å². The zero-order valence-corrected chi connectivity index (χ0v) is 13.7. The van der Waals surface area contributed by atoms with E-state index < -0.39 is 10.0 Å². The van der Waals surface area contributed by atoms with E-state index in [0.717, 1.165) is 0 Å². The van der Waals surface area contributed by atoms with Crippen LogP contribution >= 0.6 is 0 Å². The van der Waals surface area contributed by atoms with Crippen molar-refractivity contribution < 1.29 is 8.42 Å². The average molecular weight is 299 g/mol. The van der Waals surface area contributed by atoms with Gasteiger partial charge in [-0.3, -0.25) is 0 Å². The van der Waals surface area contributed by atoms with Crippen LogP contribution in [0, 0.1) is 5.92 Å². The molecule has 0 fully saturated rings. The van der Waals surface area contributed by atoms with Gasteiger partial charge in [0, 0.05) is 25.3 Å². The Hall–Kier alpha value is -1.14. The summed E-state index contributed by atoms with van der Waals surface area (Å²) in [4.78, 5) is 4.39. The van der Waals surface area contributed by atoms with Gasteiger partial charge in [-0.25, -0.2) is 13.4 Å². The largest absolute Gasteiger partial charge is 0.369 e. The molecule has 0 aliphatic rings. The Kier molecular flexibility index (Phi) is 5.95. The van der Waals surface area contributed by atoms with Crippen LogP contribution < -0.4 is 5.32 Å². The molecule has 0 saturated carbocycles. The number of nitrogens with zero attached hydrogens (tertiary/aromatic N) is 2. The fraction of sp³-hybridized carbons (Fsp3) is 0.643. The lowest BCUT2D eigenvalue weighted by atomic mass is 10.2. The normalized spacial score (nSPS) is 12.4. The maximum atomic E-state index is 12.9. The van der Waals surface area contributed by atoms with Gasteiger partial charge in [0.05, 0.1) is 0 Å². The van der Waals surface area contributed by atoms with Crippen LogP contribution in [0.2, 0.25) is 0 Å². The number of aromatic nitrogens is 1. The molecular formula is C14H25N3O2S. The molecule has 0 aliphatic heterocycles. The molecule has 0 bridgehead atoms. The van der Waals surface area contributed by atoms with E-state index >= 15 is 0 Å². The van der Waals surface area contributed by atoms with Crippen LogP contribution in [0.1, 0.15) is 34.6 Å². The Morgan fingerprint density at radius 2 is 1.95 bits per heavy atom. The van der Waals surface area contributed by atoms with Gasteiger partial charge >= 0.3 is 0 Å². The van der Waals surface area contributed by atoms with Crippen molar-refractivity contribution in [3.63, 3.8) is 0 Å². The first kappa shape index (κ1) is 16.9. The van der Waals surface area contributed by atoms with Gasteiger partial charge in [-0.2, -0.15) is 4.31 Å². The number of rotatable bonds is 7. The lowest BCUT2D eigenvalue weighted by molar-refractivity contribution is 0.319. The molecule has 0 aliphatic carbocycles. The van der Waals surface area contributed by atoms with Crippen molar-refractivity contribution in [2.24, 2.45) is 5.92 Å². The van der Waals surface area contributed by atoms with Crippen LogP contribution in [-0.2, 0) is 10.0 Å². The summed E-state index contributed by atoms with van der Waals surface area (Å²) >= 11 is 0. The molecule has 20 heavy (non-hydrogen) atoms. The highest BCUT2D eigenvalue weighted by Crippen LogP contribution is 2.24. The van der Waals surface area contributed by atoms with Gasteiger partial charge in [0.25, 0.3) is 0 Å². The first-order chi connectivity index (χ1) is 9.30. The summed E-state index contributed by atoms with van der Waals surface area (Å²) in [6, 6.07) is 3.18. The molecule has 1 aromatic heterocycles. The van der Waals surface area contributed by atoms with Crippen LogP contribution in [-0.4, -0.2) is 36.8 Å². The fourth-order valence-corrected chi connectivity index (χ4v) is 3.89. The van der Waals surface area contributed by atoms with Crippen molar-refractivity contribution >= 4 is 15.8 Å². The molecule has 0 amide bonds. The number of hydrogen-bond donors (Lipinski definition) is 1. The summed E-state index contributed by atoms with van der Waals surface area (Å²) in [5.41, 5.74) is 0. The first-order valence-corrected chi connectivity index (χ1v) is 8.45. The van der Waals surface area contributed by atoms with E-state index in [-0.39, 0.29) is 16.9 Å². The van der Waals surface area contributed by atoms with E-state index in [1.54, 1.807) is 18.3 Å². The molecule has 0 saturated heterocycles. The number of pyridine rings is 1. The molecule has 5 nitrogen and oxygen atoms in total. The molecule has 0 aromatic carbocycles. The molecule has 114 valence electrons. The third-order valence-electron chi connectivity index (χ3n) is 2.82. The quantitative estimate of drug-likeness (QED) is 0.840. The lowest BCUT2D eigenvalue weighted by Crippen LogP contribution is -2.39. The maximum absolute atomic E-state index is 12.9. The van der Waals surface area contributed by atoms with Crippen molar-refractivity contribution in [1.82, 2.24) is 9.29 Å². The zero-order valence-electron chi connectivity index (χ0n) is 12.9. The molecular weight excluding hydrogens is 274 g/mol. The van der Waals surface area contributed by atoms with Gasteiger partial charge in [-0.1, -0.05) is 13.8 Å². The molecule has 0 spiro atoms. The monoisotopic (exact) mass is 299 g/mol. The van der Waals surface area contributed by atoms with Crippen LogP contribution in [0.25, 0.3) is 0 Å². The third-order valence-corrected chi connectivity index (χ3v) is 4.90. The van der Waals surface area contributed by atoms with Crippen molar-refractivity contribution in [2.75, 3.05) is 18.4 Å². The average Bonchev–Trinajstić information content (AvgIpc) is 2.36. The number of anilines is 1. The molecule has 1 rings (SSSR count).